The van der Waals surface area contributed by atoms with Gasteiger partial charge in [0.05, 0.1) is 13.3 Å². The maximum Gasteiger partial charge on any atom is 0.271 e. The van der Waals surface area contributed by atoms with E-state index in [9.17, 15) is 15.1 Å². The molecular formula is C15H15N3O5. The van der Waals surface area contributed by atoms with Gasteiger partial charge in [0.2, 0.25) is 0 Å². The van der Waals surface area contributed by atoms with Crippen LogP contribution in [0.1, 0.15) is 15.9 Å². The topological polar surface area (TPSA) is 119 Å². The molecule has 4 N–H and O–H groups in total. The van der Waals surface area contributed by atoms with Crippen LogP contribution in [0, 0.1) is 5.21 Å². The number of phenols is 1. The summed E-state index contributed by atoms with van der Waals surface area (Å²) in [5.74, 6) is 0.0377. The van der Waals surface area contributed by atoms with Crippen LogP contribution in [0.4, 0.5) is 5.69 Å². The highest BCUT2D eigenvalue weighted by atomic mass is 16.8. The van der Waals surface area contributed by atoms with E-state index in [0.29, 0.717) is 11.3 Å². The molecule has 1 unspecified atom stereocenters. The third kappa shape index (κ3) is 4.27. The number of nitrogens with zero attached hydrogens (tertiary/aromatic N) is 1. The average molecular weight is 317 g/mol. The third-order valence-corrected chi connectivity index (χ3v) is 3.00. The highest BCUT2D eigenvalue weighted by molar-refractivity contribution is 5.95. The summed E-state index contributed by atoms with van der Waals surface area (Å²) in [6.07, 6.45) is 1.17. The molecular weight excluding hydrogens is 302 g/mol. The van der Waals surface area contributed by atoms with E-state index in [2.05, 4.69) is 10.5 Å². The Balaban J connectivity index is 2.05. The molecule has 0 aliphatic heterocycles. The van der Waals surface area contributed by atoms with Crippen molar-refractivity contribution >= 4 is 17.8 Å². The first-order valence-corrected chi connectivity index (χ1v) is 6.55. The van der Waals surface area contributed by atoms with E-state index in [1.165, 1.54) is 31.5 Å². The predicted molar refractivity (Wildman–Crippen MR) is 81.9 cm³/mol. The highest BCUT2D eigenvalue weighted by Gasteiger charge is 2.06. The number of ether oxygens (including phenoxy) is 1. The van der Waals surface area contributed by atoms with Gasteiger partial charge in [-0.15, -0.1) is 0 Å². The summed E-state index contributed by atoms with van der Waals surface area (Å²) in [7, 11) is 1.52. The molecule has 8 heteroatoms. The molecule has 0 heterocycles. The molecule has 0 fully saturated rings. The first-order chi connectivity index (χ1) is 11.0. The van der Waals surface area contributed by atoms with Gasteiger partial charge in [-0.3, -0.25) is 4.79 Å². The van der Waals surface area contributed by atoms with Crippen molar-refractivity contribution in [2.24, 2.45) is 5.10 Å². The lowest BCUT2D eigenvalue weighted by Gasteiger charge is -2.12. The van der Waals surface area contributed by atoms with E-state index < -0.39 is 11.1 Å². The minimum Gasteiger partial charge on any atom is -0.595 e. The predicted octanol–water partition coefficient (Wildman–Crippen LogP) is 0.568. The largest absolute Gasteiger partial charge is 0.595 e. The van der Waals surface area contributed by atoms with Crippen molar-refractivity contribution < 1.29 is 25.1 Å². The van der Waals surface area contributed by atoms with Crippen molar-refractivity contribution in [1.82, 2.24) is 5.43 Å². The van der Waals surface area contributed by atoms with Crippen LogP contribution in [-0.4, -0.2) is 29.5 Å². The maximum atomic E-state index is 11.9. The zero-order valence-corrected chi connectivity index (χ0v) is 12.2. The van der Waals surface area contributed by atoms with E-state index in [4.69, 9.17) is 9.94 Å². The molecule has 1 atom stereocenters. The second-order valence-electron chi connectivity index (χ2n) is 4.51. The Hall–Kier alpha value is -2.94. The normalized spacial score (nSPS) is 12.1. The standard InChI is InChI=1S/C15H15N3O5/c1-23-13-5-2-10(3-6-13)15(20)17-16-9-11-8-12(18(21)22)4-7-14(11)19/h2-9,18-19,21H,1H3,(H,17,20)/b16-9-. The summed E-state index contributed by atoms with van der Waals surface area (Å²) in [6, 6.07) is 10.2. The van der Waals surface area contributed by atoms with Gasteiger partial charge in [-0.25, -0.2) is 10.6 Å². The van der Waals surface area contributed by atoms with Gasteiger partial charge in [-0.2, -0.15) is 10.3 Å². The van der Waals surface area contributed by atoms with Crippen LogP contribution in [0.25, 0.3) is 0 Å². The number of carbonyl (C=O) groups is 1. The van der Waals surface area contributed by atoms with Crippen molar-refractivity contribution in [2.75, 3.05) is 7.11 Å². The summed E-state index contributed by atoms with van der Waals surface area (Å²) in [5, 5.41) is 32.0. The van der Waals surface area contributed by atoms with E-state index in [1.54, 1.807) is 24.3 Å². The van der Waals surface area contributed by atoms with Crippen molar-refractivity contribution in [3.05, 3.63) is 58.8 Å². The Kier molecular flexibility index (Phi) is 5.26. The number of hydrogen-bond acceptors (Lipinski definition) is 6. The van der Waals surface area contributed by atoms with Crippen LogP contribution in [0.5, 0.6) is 11.5 Å². The summed E-state index contributed by atoms with van der Waals surface area (Å²) < 4.78 is 4.99. The smallest absolute Gasteiger partial charge is 0.271 e. The van der Waals surface area contributed by atoms with Gasteiger partial charge >= 0.3 is 0 Å². The Morgan fingerprint density at radius 2 is 2.00 bits per heavy atom. The second-order valence-corrected chi connectivity index (χ2v) is 4.51. The van der Waals surface area contributed by atoms with Crippen LogP contribution < -0.4 is 15.4 Å². The highest BCUT2D eigenvalue weighted by Crippen LogP contribution is 2.17. The van der Waals surface area contributed by atoms with E-state index >= 15 is 0 Å². The minimum absolute atomic E-state index is 0.00531. The number of methoxy groups -OCH3 is 1. The van der Waals surface area contributed by atoms with Crippen LogP contribution in [0.2, 0.25) is 0 Å². The number of rotatable bonds is 5. The molecule has 2 rings (SSSR count). The molecule has 120 valence electrons. The zero-order valence-electron chi connectivity index (χ0n) is 12.2. The quantitative estimate of drug-likeness (QED) is 0.365. The Morgan fingerprint density at radius 1 is 1.30 bits per heavy atom. The van der Waals surface area contributed by atoms with Gasteiger partial charge in [0.15, 0.2) is 5.69 Å². The van der Waals surface area contributed by atoms with E-state index in [1.807, 2.05) is 0 Å². The van der Waals surface area contributed by atoms with Gasteiger partial charge in [0.1, 0.15) is 11.5 Å². The number of hydrogen-bond donors (Lipinski definition) is 4. The van der Waals surface area contributed by atoms with Crippen molar-refractivity contribution in [1.29, 1.82) is 0 Å². The number of benzene rings is 2. The first-order valence-electron chi connectivity index (χ1n) is 6.55. The van der Waals surface area contributed by atoms with Gasteiger partial charge in [0, 0.05) is 23.3 Å². The van der Waals surface area contributed by atoms with E-state index in [0.717, 1.165) is 0 Å². The molecule has 0 radical (unpaired) electrons. The van der Waals surface area contributed by atoms with Crippen LogP contribution in [0.15, 0.2) is 47.6 Å². The number of nitrogens with one attached hydrogen (secondary N) is 2. The molecule has 1 amide bonds. The average Bonchev–Trinajstić information content (AvgIpc) is 2.56. The maximum absolute atomic E-state index is 11.9. The van der Waals surface area contributed by atoms with Gasteiger partial charge in [0.25, 0.3) is 5.91 Å². The van der Waals surface area contributed by atoms with Crippen LogP contribution in [-0.2, 0) is 0 Å². The minimum atomic E-state index is -1.12. The summed E-state index contributed by atoms with van der Waals surface area (Å²) in [5.41, 5.74) is 2.86. The monoisotopic (exact) mass is 317 g/mol. The summed E-state index contributed by atoms with van der Waals surface area (Å²) in [6.45, 7) is 0. The molecule has 23 heavy (non-hydrogen) atoms. The van der Waals surface area contributed by atoms with Crippen molar-refractivity contribution in [3.8, 4) is 11.5 Å². The molecule has 0 aliphatic rings. The number of amides is 1. The Morgan fingerprint density at radius 3 is 2.61 bits per heavy atom. The fourth-order valence-corrected chi connectivity index (χ4v) is 1.76. The molecule has 0 saturated carbocycles. The lowest BCUT2D eigenvalue weighted by molar-refractivity contribution is -0.991. The molecule has 0 aromatic heterocycles. The molecule has 8 nitrogen and oxygen atoms in total. The van der Waals surface area contributed by atoms with Crippen molar-refractivity contribution in [2.45, 2.75) is 0 Å². The Bertz CT molecular complexity index is 714. The number of phenolic OH excluding ortho intramolecular Hbond substituents is 1. The molecule has 2 aromatic carbocycles. The Labute approximate surface area is 131 Å². The molecule has 2 aromatic rings. The molecule has 0 aliphatic carbocycles. The number of hydrazone groups is 1. The summed E-state index contributed by atoms with van der Waals surface area (Å²) >= 11 is 0. The number of aromatic hydroxyl groups is 1. The van der Waals surface area contributed by atoms with Gasteiger partial charge in [-0.05, 0) is 30.3 Å². The van der Waals surface area contributed by atoms with Crippen molar-refractivity contribution in [3.63, 3.8) is 0 Å². The second kappa shape index (κ2) is 7.36. The lowest BCUT2D eigenvalue weighted by Crippen LogP contribution is -2.99. The summed E-state index contributed by atoms with van der Waals surface area (Å²) in [4.78, 5) is 11.9. The third-order valence-electron chi connectivity index (χ3n) is 3.00. The molecule has 0 saturated heterocycles. The van der Waals surface area contributed by atoms with Gasteiger partial charge in [-0.1, -0.05) is 0 Å². The van der Waals surface area contributed by atoms with Gasteiger partial charge < -0.3 is 15.1 Å². The molecule has 0 spiro atoms. The fraction of sp³-hybridized carbons (Fsp3) is 0.0667. The number of carbonyl (C=O) groups excluding carboxylic acids is 1. The number of quaternary nitrogens is 1. The molecule has 0 bridgehead atoms. The fourth-order valence-electron chi connectivity index (χ4n) is 1.76. The van der Waals surface area contributed by atoms with E-state index in [-0.39, 0.29) is 17.0 Å². The first kappa shape index (κ1) is 16.4. The zero-order chi connectivity index (χ0) is 16.8. The SMILES string of the molecule is COc1ccc(C(=O)N/N=C\c2cc([NH+]([O-])O)ccc2O)cc1. The lowest BCUT2D eigenvalue weighted by atomic mass is 10.2. The van der Waals surface area contributed by atoms with Crippen LogP contribution >= 0.6 is 0 Å². The van der Waals surface area contributed by atoms with Crippen LogP contribution in [0.3, 0.4) is 0 Å².